The van der Waals surface area contributed by atoms with E-state index in [1.165, 1.54) is 6.07 Å². The van der Waals surface area contributed by atoms with Crippen molar-refractivity contribution in [3.63, 3.8) is 0 Å². The van der Waals surface area contributed by atoms with Crippen LogP contribution in [0.4, 0.5) is 0 Å². The van der Waals surface area contributed by atoms with Crippen LogP contribution in [0.2, 0.25) is 5.02 Å². The van der Waals surface area contributed by atoms with E-state index in [1.807, 2.05) is 0 Å². The van der Waals surface area contributed by atoms with Gasteiger partial charge in [0.2, 0.25) is 5.82 Å². The van der Waals surface area contributed by atoms with Gasteiger partial charge in [0.15, 0.2) is 0 Å². The molecule has 6 nitrogen and oxygen atoms in total. The third-order valence-electron chi connectivity index (χ3n) is 2.74. The molecule has 100 valence electrons. The summed E-state index contributed by atoms with van der Waals surface area (Å²) in [6, 6.07) is 4.68. The van der Waals surface area contributed by atoms with Gasteiger partial charge in [-0.2, -0.15) is 4.98 Å². The summed E-state index contributed by atoms with van der Waals surface area (Å²) >= 11 is 5.77. The minimum atomic E-state index is -0.333. The molecular weight excluding hydrogens is 272 g/mol. The fourth-order valence-electron chi connectivity index (χ4n) is 1.80. The Balaban J connectivity index is 1.87. The lowest BCUT2D eigenvalue weighted by molar-refractivity contribution is -0.0941. The molecule has 1 atom stereocenters. The van der Waals surface area contributed by atoms with Crippen LogP contribution in [0.25, 0.3) is 11.5 Å². The number of ether oxygens (including phenoxy) is 2. The molecule has 1 fully saturated rings. The lowest BCUT2D eigenvalue weighted by atomic mass is 10.2. The molecule has 0 amide bonds. The molecule has 2 aromatic rings. The minimum absolute atomic E-state index is 0.0106. The van der Waals surface area contributed by atoms with Gasteiger partial charge < -0.3 is 19.1 Å². The first-order valence-corrected chi connectivity index (χ1v) is 6.13. The number of rotatable bonds is 2. The largest absolute Gasteiger partial charge is 0.507 e. The maximum atomic E-state index is 9.80. The van der Waals surface area contributed by atoms with E-state index >= 15 is 0 Å². The molecule has 0 spiro atoms. The van der Waals surface area contributed by atoms with Crippen LogP contribution in [0, 0.1) is 0 Å². The summed E-state index contributed by atoms with van der Waals surface area (Å²) in [7, 11) is 0. The molecule has 0 radical (unpaired) electrons. The van der Waals surface area contributed by atoms with E-state index in [0.717, 1.165) is 0 Å². The van der Waals surface area contributed by atoms with Crippen molar-refractivity contribution >= 4 is 11.6 Å². The first-order chi connectivity index (χ1) is 9.24. The summed E-state index contributed by atoms with van der Waals surface area (Å²) < 4.78 is 15.9. The Morgan fingerprint density at radius 3 is 2.95 bits per heavy atom. The quantitative estimate of drug-likeness (QED) is 0.910. The number of hydrogen-bond donors (Lipinski definition) is 1. The minimum Gasteiger partial charge on any atom is -0.507 e. The zero-order chi connectivity index (χ0) is 13.2. The number of benzene rings is 1. The van der Waals surface area contributed by atoms with Crippen LogP contribution in [0.1, 0.15) is 11.9 Å². The van der Waals surface area contributed by atoms with Gasteiger partial charge in [-0.3, -0.25) is 0 Å². The first kappa shape index (κ1) is 12.4. The van der Waals surface area contributed by atoms with E-state index in [9.17, 15) is 5.11 Å². The first-order valence-electron chi connectivity index (χ1n) is 5.76. The van der Waals surface area contributed by atoms with Gasteiger partial charge >= 0.3 is 0 Å². The highest BCUT2D eigenvalue weighted by Gasteiger charge is 2.23. The Morgan fingerprint density at radius 1 is 1.32 bits per heavy atom. The number of hydrogen-bond acceptors (Lipinski definition) is 6. The highest BCUT2D eigenvalue weighted by molar-refractivity contribution is 6.30. The second kappa shape index (κ2) is 5.16. The number of aromatic nitrogens is 2. The topological polar surface area (TPSA) is 77.6 Å². The normalized spacial score (nSPS) is 19.5. The maximum absolute atomic E-state index is 9.80. The standard InChI is InChI=1S/C12H11ClN2O4/c13-7-1-2-8(9(16)5-7)12-14-11(15-19-12)10-6-17-3-4-18-10/h1-2,5,10,16H,3-4,6H2. The molecule has 1 aliphatic rings. The summed E-state index contributed by atoms with van der Waals surface area (Å²) in [4.78, 5) is 4.21. The van der Waals surface area contributed by atoms with E-state index < -0.39 is 0 Å². The fourth-order valence-corrected chi connectivity index (χ4v) is 1.96. The van der Waals surface area contributed by atoms with Crippen molar-refractivity contribution in [2.75, 3.05) is 19.8 Å². The van der Waals surface area contributed by atoms with Crippen molar-refractivity contribution in [2.24, 2.45) is 0 Å². The van der Waals surface area contributed by atoms with Crippen molar-refractivity contribution in [3.8, 4) is 17.2 Å². The maximum Gasteiger partial charge on any atom is 0.261 e. The SMILES string of the molecule is Oc1cc(Cl)ccc1-c1nc(C2COCCO2)no1. The number of phenols is 1. The van der Waals surface area contributed by atoms with Crippen LogP contribution < -0.4 is 0 Å². The molecule has 1 unspecified atom stereocenters. The second-order valence-electron chi connectivity index (χ2n) is 4.05. The van der Waals surface area contributed by atoms with Gasteiger partial charge in [-0.15, -0.1) is 0 Å². The van der Waals surface area contributed by atoms with Crippen molar-refractivity contribution in [1.29, 1.82) is 0 Å². The molecule has 1 aromatic carbocycles. The Kier molecular flexibility index (Phi) is 3.37. The number of halogens is 1. The van der Waals surface area contributed by atoms with Crippen LogP contribution in [-0.2, 0) is 9.47 Å². The molecule has 1 aromatic heterocycles. The molecular formula is C12H11ClN2O4. The average molecular weight is 283 g/mol. The predicted octanol–water partition coefficient (Wildman–Crippen LogP) is 2.18. The Morgan fingerprint density at radius 2 is 2.21 bits per heavy atom. The second-order valence-corrected chi connectivity index (χ2v) is 4.49. The third-order valence-corrected chi connectivity index (χ3v) is 2.97. The zero-order valence-corrected chi connectivity index (χ0v) is 10.6. The van der Waals surface area contributed by atoms with Gasteiger partial charge in [0, 0.05) is 5.02 Å². The number of aromatic hydroxyl groups is 1. The molecule has 1 aliphatic heterocycles. The van der Waals surface area contributed by atoms with Crippen molar-refractivity contribution in [1.82, 2.24) is 10.1 Å². The highest BCUT2D eigenvalue weighted by atomic mass is 35.5. The lowest BCUT2D eigenvalue weighted by Gasteiger charge is -2.19. The predicted molar refractivity (Wildman–Crippen MR) is 65.9 cm³/mol. The van der Waals surface area contributed by atoms with E-state index in [2.05, 4.69) is 10.1 Å². The molecule has 2 heterocycles. The molecule has 7 heteroatoms. The number of nitrogens with zero attached hydrogens (tertiary/aromatic N) is 2. The fraction of sp³-hybridized carbons (Fsp3) is 0.333. The van der Waals surface area contributed by atoms with Crippen LogP contribution in [0.3, 0.4) is 0 Å². The van der Waals surface area contributed by atoms with Gasteiger partial charge in [0.1, 0.15) is 11.9 Å². The summed E-state index contributed by atoms with van der Waals surface area (Å²) in [6.07, 6.45) is -0.333. The third kappa shape index (κ3) is 2.56. The van der Waals surface area contributed by atoms with Crippen molar-refractivity contribution in [3.05, 3.63) is 29.0 Å². The summed E-state index contributed by atoms with van der Waals surface area (Å²) in [5, 5.41) is 14.1. The van der Waals surface area contributed by atoms with Gasteiger partial charge in [-0.25, -0.2) is 0 Å². The Bertz CT molecular complexity index is 581. The summed E-state index contributed by atoms with van der Waals surface area (Å²) in [5.74, 6) is 0.617. The van der Waals surface area contributed by atoms with Crippen molar-refractivity contribution < 1.29 is 19.1 Å². The molecule has 1 N–H and O–H groups in total. The van der Waals surface area contributed by atoms with Gasteiger partial charge in [-0.05, 0) is 18.2 Å². The van der Waals surface area contributed by atoms with Gasteiger partial charge in [-0.1, -0.05) is 16.8 Å². The van der Waals surface area contributed by atoms with E-state index in [4.69, 9.17) is 25.6 Å². The molecule has 0 bridgehead atoms. The molecule has 0 saturated carbocycles. The van der Waals surface area contributed by atoms with E-state index in [0.29, 0.717) is 36.2 Å². The summed E-state index contributed by atoms with van der Waals surface area (Å²) in [5.41, 5.74) is 0.430. The van der Waals surface area contributed by atoms with E-state index in [1.54, 1.807) is 12.1 Å². The van der Waals surface area contributed by atoms with Crippen LogP contribution in [0.15, 0.2) is 22.7 Å². The smallest absolute Gasteiger partial charge is 0.261 e. The van der Waals surface area contributed by atoms with Crippen LogP contribution >= 0.6 is 11.6 Å². The summed E-state index contributed by atoms with van der Waals surface area (Å²) in [6.45, 7) is 1.46. The van der Waals surface area contributed by atoms with Crippen LogP contribution in [-0.4, -0.2) is 35.1 Å². The lowest BCUT2D eigenvalue weighted by Crippen LogP contribution is -2.22. The zero-order valence-electron chi connectivity index (χ0n) is 9.88. The van der Waals surface area contributed by atoms with Crippen molar-refractivity contribution in [2.45, 2.75) is 6.10 Å². The van der Waals surface area contributed by atoms with Crippen LogP contribution in [0.5, 0.6) is 5.75 Å². The van der Waals surface area contributed by atoms with E-state index in [-0.39, 0.29) is 17.7 Å². The average Bonchev–Trinajstić information content (AvgIpc) is 2.89. The molecule has 0 aliphatic carbocycles. The molecule has 3 rings (SSSR count). The number of phenolic OH excluding ortho intramolecular Hbond substituents is 1. The van der Waals surface area contributed by atoms with Gasteiger partial charge in [0.05, 0.1) is 25.4 Å². The highest BCUT2D eigenvalue weighted by Crippen LogP contribution is 2.31. The molecule has 1 saturated heterocycles. The Labute approximate surface area is 113 Å². The Hall–Kier alpha value is -1.63. The molecule has 19 heavy (non-hydrogen) atoms. The monoisotopic (exact) mass is 282 g/mol. The van der Waals surface area contributed by atoms with Gasteiger partial charge in [0.25, 0.3) is 5.89 Å².